The maximum atomic E-state index is 12.4. The number of carbonyl (C=O) groups excluding carboxylic acids is 3. The second kappa shape index (κ2) is 5.90. The topological polar surface area (TPSA) is 119 Å². The Morgan fingerprint density at radius 3 is 2.62 bits per heavy atom. The molecule has 1 aliphatic heterocycles. The number of phenols is 1. The summed E-state index contributed by atoms with van der Waals surface area (Å²) in [4.78, 5) is 36.6. The van der Waals surface area contributed by atoms with Crippen LogP contribution in [0.4, 0.5) is 0 Å². The molecule has 0 aromatic heterocycles. The lowest BCUT2D eigenvalue weighted by atomic mass is 9.80. The Kier molecular flexibility index (Phi) is 4.04. The molecule has 1 aliphatic carbocycles. The fourth-order valence-corrected chi connectivity index (χ4v) is 3.75. The van der Waals surface area contributed by atoms with Gasteiger partial charge in [0.1, 0.15) is 17.9 Å². The molecule has 24 heavy (non-hydrogen) atoms. The lowest BCUT2D eigenvalue weighted by Crippen LogP contribution is -2.66. The van der Waals surface area contributed by atoms with Crippen molar-refractivity contribution in [3.8, 4) is 5.75 Å². The van der Waals surface area contributed by atoms with E-state index in [0.29, 0.717) is 25.7 Å². The van der Waals surface area contributed by atoms with Crippen LogP contribution in [-0.4, -0.2) is 40.5 Å². The van der Waals surface area contributed by atoms with E-state index in [2.05, 4.69) is 5.32 Å². The Morgan fingerprint density at radius 2 is 1.96 bits per heavy atom. The van der Waals surface area contributed by atoms with Gasteiger partial charge in [0, 0.05) is 6.42 Å². The summed E-state index contributed by atoms with van der Waals surface area (Å²) in [5, 5.41) is 12.0. The fourth-order valence-electron chi connectivity index (χ4n) is 3.75. The molecule has 128 valence electrons. The maximum absolute atomic E-state index is 12.4. The molecule has 4 N–H and O–H groups in total. The summed E-state index contributed by atoms with van der Waals surface area (Å²) >= 11 is 0. The Balaban J connectivity index is 1.71. The molecule has 1 saturated carbocycles. The summed E-state index contributed by atoms with van der Waals surface area (Å²) in [6, 6.07) is 6.56. The summed E-state index contributed by atoms with van der Waals surface area (Å²) < 4.78 is 5.45. The first-order chi connectivity index (χ1) is 11.4. The largest absolute Gasteiger partial charge is 0.508 e. The van der Waals surface area contributed by atoms with Gasteiger partial charge in [-0.3, -0.25) is 14.4 Å². The van der Waals surface area contributed by atoms with Gasteiger partial charge in [-0.05, 0) is 43.4 Å². The monoisotopic (exact) mass is 332 g/mol. The summed E-state index contributed by atoms with van der Waals surface area (Å²) in [5.74, 6) is -1.16. The predicted molar refractivity (Wildman–Crippen MR) is 84.0 cm³/mol. The normalized spacial score (nSPS) is 28.6. The van der Waals surface area contributed by atoms with E-state index in [9.17, 15) is 19.5 Å². The number of nitrogens with two attached hydrogens (primary N) is 1. The molecule has 2 atom stereocenters. The van der Waals surface area contributed by atoms with E-state index in [0.717, 1.165) is 5.56 Å². The van der Waals surface area contributed by atoms with Gasteiger partial charge in [0.25, 0.3) is 5.91 Å². The highest BCUT2D eigenvalue weighted by Gasteiger charge is 2.68. The van der Waals surface area contributed by atoms with Crippen molar-refractivity contribution in [3.05, 3.63) is 29.8 Å². The lowest BCUT2D eigenvalue weighted by molar-refractivity contribution is -0.144. The number of carbonyl (C=O) groups is 3. The second-order valence-electron chi connectivity index (χ2n) is 6.38. The molecule has 2 aliphatic rings. The third-order valence-electron chi connectivity index (χ3n) is 5.02. The molecule has 2 amide bonds. The van der Waals surface area contributed by atoms with E-state index in [-0.39, 0.29) is 30.5 Å². The molecular weight excluding hydrogens is 312 g/mol. The van der Waals surface area contributed by atoms with Crippen molar-refractivity contribution >= 4 is 17.6 Å². The van der Waals surface area contributed by atoms with Crippen molar-refractivity contribution in [1.29, 1.82) is 0 Å². The van der Waals surface area contributed by atoms with Gasteiger partial charge in [0.05, 0.1) is 0 Å². The van der Waals surface area contributed by atoms with Gasteiger partial charge >= 0.3 is 0 Å². The van der Waals surface area contributed by atoms with Crippen LogP contribution in [0.1, 0.15) is 31.2 Å². The van der Waals surface area contributed by atoms with Crippen LogP contribution in [0.25, 0.3) is 0 Å². The average Bonchev–Trinajstić information content (AvgIpc) is 3.04. The van der Waals surface area contributed by atoms with Crippen molar-refractivity contribution in [2.24, 2.45) is 5.73 Å². The van der Waals surface area contributed by atoms with E-state index < -0.39 is 17.0 Å². The van der Waals surface area contributed by atoms with Crippen molar-refractivity contribution in [2.75, 3.05) is 6.61 Å². The van der Waals surface area contributed by atoms with Crippen LogP contribution in [0.15, 0.2) is 24.3 Å². The molecule has 1 saturated heterocycles. The van der Waals surface area contributed by atoms with Crippen LogP contribution in [0.5, 0.6) is 5.75 Å². The highest BCUT2D eigenvalue weighted by Crippen LogP contribution is 2.46. The number of primary amides is 1. The van der Waals surface area contributed by atoms with Gasteiger partial charge in [-0.1, -0.05) is 12.1 Å². The van der Waals surface area contributed by atoms with Crippen molar-refractivity contribution in [2.45, 2.75) is 43.2 Å². The number of ether oxygens (including phenoxy) is 1. The highest BCUT2D eigenvalue weighted by atomic mass is 16.5. The van der Waals surface area contributed by atoms with Crippen LogP contribution < -0.4 is 11.1 Å². The lowest BCUT2D eigenvalue weighted by Gasteiger charge is -2.35. The number of amides is 2. The van der Waals surface area contributed by atoms with Crippen molar-refractivity contribution < 1.29 is 24.2 Å². The number of aryl methyl sites for hydroxylation is 1. The third kappa shape index (κ3) is 2.45. The smallest absolute Gasteiger partial charge is 0.252 e. The number of nitrogens with one attached hydrogen (secondary N) is 1. The number of hydrogen-bond donors (Lipinski definition) is 3. The van der Waals surface area contributed by atoms with Crippen molar-refractivity contribution in [3.63, 3.8) is 0 Å². The van der Waals surface area contributed by atoms with Gasteiger partial charge in [-0.2, -0.15) is 0 Å². The fraction of sp³-hybridized carbons (Fsp3) is 0.471. The van der Waals surface area contributed by atoms with Gasteiger partial charge < -0.3 is 20.9 Å². The minimum absolute atomic E-state index is 0.160. The van der Waals surface area contributed by atoms with Gasteiger partial charge in [-0.15, -0.1) is 0 Å². The molecule has 1 aromatic carbocycles. The van der Waals surface area contributed by atoms with Gasteiger partial charge in [-0.25, -0.2) is 0 Å². The number of phenolic OH excluding ortho intramolecular Hbond substituents is 1. The number of ketones is 1. The zero-order valence-corrected chi connectivity index (χ0v) is 13.2. The second-order valence-corrected chi connectivity index (χ2v) is 6.38. The Morgan fingerprint density at radius 1 is 1.25 bits per heavy atom. The molecule has 0 spiro atoms. The van der Waals surface area contributed by atoms with Crippen LogP contribution in [0.3, 0.4) is 0 Å². The van der Waals surface area contributed by atoms with E-state index in [1.54, 1.807) is 24.3 Å². The summed E-state index contributed by atoms with van der Waals surface area (Å²) in [6.45, 7) is -0.207. The molecule has 0 radical (unpaired) electrons. The quantitative estimate of drug-likeness (QED) is 0.711. The molecule has 7 heteroatoms. The van der Waals surface area contributed by atoms with Crippen molar-refractivity contribution in [1.82, 2.24) is 5.32 Å². The molecule has 2 fully saturated rings. The molecule has 3 rings (SSSR count). The number of aromatic hydroxyl groups is 1. The molecule has 7 nitrogen and oxygen atoms in total. The molecule has 2 unspecified atom stereocenters. The van der Waals surface area contributed by atoms with E-state index in [4.69, 9.17) is 10.5 Å². The first-order valence-electron chi connectivity index (χ1n) is 7.96. The number of rotatable bonds is 5. The number of fused-ring (bicyclic) bond motifs is 1. The van der Waals surface area contributed by atoms with Crippen LogP contribution in [0.2, 0.25) is 0 Å². The molecule has 1 aromatic rings. The van der Waals surface area contributed by atoms with Crippen LogP contribution in [-0.2, 0) is 25.5 Å². The minimum atomic E-state index is -1.42. The zero-order chi connectivity index (χ0) is 17.4. The summed E-state index contributed by atoms with van der Waals surface area (Å²) in [5.41, 5.74) is 3.63. The Bertz CT molecular complexity index is 687. The van der Waals surface area contributed by atoms with Gasteiger partial charge in [0.15, 0.2) is 11.4 Å². The molecular formula is C17H20N2O5. The van der Waals surface area contributed by atoms with Crippen LogP contribution >= 0.6 is 0 Å². The standard InChI is InChI=1S/C17H20N2O5/c18-15(23)17-9-1-8-16(17,13(21)10-24-17)19-14(22)7-4-11-2-5-12(20)6-3-11/h2-3,5-6,20H,1,4,7-10H2,(H2,18,23)(H,19,22). The third-order valence-corrected chi connectivity index (χ3v) is 5.02. The minimum Gasteiger partial charge on any atom is -0.508 e. The summed E-state index contributed by atoms with van der Waals surface area (Å²) in [7, 11) is 0. The van der Waals surface area contributed by atoms with Crippen LogP contribution in [0, 0.1) is 0 Å². The number of Topliss-reactive ketones (excluding diaryl/α,β-unsaturated/α-hetero) is 1. The molecule has 1 heterocycles. The van der Waals surface area contributed by atoms with Gasteiger partial charge in [0.2, 0.25) is 5.91 Å². The first-order valence-corrected chi connectivity index (χ1v) is 7.96. The summed E-state index contributed by atoms with van der Waals surface area (Å²) in [6.07, 6.45) is 1.91. The van der Waals surface area contributed by atoms with E-state index in [1.165, 1.54) is 0 Å². The highest BCUT2D eigenvalue weighted by molar-refractivity contribution is 6.05. The number of hydrogen-bond acceptors (Lipinski definition) is 5. The van der Waals surface area contributed by atoms with E-state index >= 15 is 0 Å². The Hall–Kier alpha value is -2.41. The van der Waals surface area contributed by atoms with E-state index in [1.807, 2.05) is 0 Å². The average molecular weight is 332 g/mol. The molecule has 0 bridgehead atoms. The first kappa shape index (κ1) is 16.4. The zero-order valence-electron chi connectivity index (χ0n) is 13.2. The maximum Gasteiger partial charge on any atom is 0.252 e. The SMILES string of the molecule is NC(=O)C12CCCC1(NC(=O)CCc1ccc(O)cc1)C(=O)CO2. The predicted octanol–water partition coefficient (Wildman–Crippen LogP) is 0.187. The Labute approximate surface area is 139 Å². The number of benzene rings is 1.